The maximum atomic E-state index is 11.7. The maximum Gasteiger partial charge on any atom is 0.161 e. The van der Waals surface area contributed by atoms with Gasteiger partial charge >= 0.3 is 0 Å². The van der Waals surface area contributed by atoms with E-state index in [1.807, 2.05) is 12.1 Å². The molecule has 120 valence electrons. The third kappa shape index (κ3) is 6.07. The van der Waals surface area contributed by atoms with Crippen LogP contribution in [0.2, 0.25) is 19.6 Å². The van der Waals surface area contributed by atoms with Crippen LogP contribution in [0.4, 0.5) is 0 Å². The molecule has 1 aromatic rings. The fourth-order valence-electron chi connectivity index (χ4n) is 2.12. The summed E-state index contributed by atoms with van der Waals surface area (Å²) in [6, 6.07) is 5.27. The second kappa shape index (κ2) is 6.80. The summed E-state index contributed by atoms with van der Waals surface area (Å²) >= 11 is 0. The van der Waals surface area contributed by atoms with Gasteiger partial charge in [0, 0.05) is 12.3 Å². The molecule has 0 aliphatic carbocycles. The Labute approximate surface area is 128 Å². The average Bonchev–Trinajstić information content (AvgIpc) is 2.33. The Morgan fingerprint density at radius 2 is 1.71 bits per heavy atom. The van der Waals surface area contributed by atoms with Crippen molar-refractivity contribution in [1.82, 2.24) is 4.98 Å². The molecule has 0 saturated heterocycles. The van der Waals surface area contributed by atoms with E-state index in [1.165, 1.54) is 6.26 Å². The number of rotatable bonds is 7. The number of nitrogens with one attached hydrogen (secondary N) is 1. The van der Waals surface area contributed by atoms with E-state index in [0.717, 1.165) is 5.56 Å². The van der Waals surface area contributed by atoms with Crippen LogP contribution in [0.1, 0.15) is 11.6 Å². The van der Waals surface area contributed by atoms with Crippen LogP contribution in [0.15, 0.2) is 18.2 Å². The molecule has 0 bridgehead atoms. The van der Waals surface area contributed by atoms with E-state index in [9.17, 15) is 8.42 Å². The molecule has 1 N–H and O–H groups in total. The van der Waals surface area contributed by atoms with Crippen LogP contribution < -0.4 is 14.5 Å². The lowest BCUT2D eigenvalue weighted by Gasteiger charge is -2.27. The molecule has 0 spiro atoms. The van der Waals surface area contributed by atoms with E-state index in [2.05, 4.69) is 24.6 Å². The van der Waals surface area contributed by atoms with Crippen LogP contribution in [0, 0.1) is 0 Å². The molecule has 1 rings (SSSR count). The first-order chi connectivity index (χ1) is 9.55. The van der Waals surface area contributed by atoms with Gasteiger partial charge in [0.1, 0.15) is 18.1 Å². The van der Waals surface area contributed by atoms with Gasteiger partial charge < -0.3 is 14.5 Å². The summed E-state index contributed by atoms with van der Waals surface area (Å²) in [5, 5.41) is 0. The number of ether oxygens (including phenoxy) is 2. The lowest BCUT2D eigenvalue weighted by molar-refractivity contribution is 0.354. The van der Waals surface area contributed by atoms with Gasteiger partial charge in [-0.2, -0.15) is 0 Å². The van der Waals surface area contributed by atoms with Gasteiger partial charge in [-0.25, -0.2) is 8.42 Å². The predicted octanol–water partition coefficient (Wildman–Crippen LogP) is 2.21. The molecule has 0 heterocycles. The Balaban J connectivity index is 3.19. The summed E-state index contributed by atoms with van der Waals surface area (Å²) in [5.74, 6) is 1.30. The highest BCUT2D eigenvalue weighted by Crippen LogP contribution is 2.30. The van der Waals surface area contributed by atoms with E-state index >= 15 is 0 Å². The van der Waals surface area contributed by atoms with Crippen molar-refractivity contribution in [2.75, 3.05) is 26.2 Å². The van der Waals surface area contributed by atoms with Gasteiger partial charge in [0.25, 0.3) is 0 Å². The molecule has 0 aliphatic heterocycles. The van der Waals surface area contributed by atoms with E-state index in [4.69, 9.17) is 9.47 Å². The molecule has 1 atom stereocenters. The van der Waals surface area contributed by atoms with Gasteiger partial charge in [-0.1, -0.05) is 25.7 Å². The Morgan fingerprint density at radius 3 is 2.14 bits per heavy atom. The smallest absolute Gasteiger partial charge is 0.161 e. The van der Waals surface area contributed by atoms with Crippen molar-refractivity contribution in [3.05, 3.63) is 23.8 Å². The van der Waals surface area contributed by atoms with Gasteiger partial charge in [-0.05, 0) is 17.7 Å². The molecule has 1 aromatic carbocycles. The Hall–Kier alpha value is -1.05. The van der Waals surface area contributed by atoms with Crippen LogP contribution in [-0.4, -0.2) is 42.9 Å². The third-order valence-electron chi connectivity index (χ3n) is 2.89. The number of methoxy groups -OCH3 is 2. The zero-order chi connectivity index (χ0) is 16.3. The van der Waals surface area contributed by atoms with Crippen LogP contribution in [0.25, 0.3) is 0 Å². The number of hydrogen-bond acceptors (Lipinski definition) is 5. The highest BCUT2D eigenvalue weighted by atomic mass is 32.2. The first-order valence-corrected chi connectivity index (χ1v) is 12.3. The van der Waals surface area contributed by atoms with Crippen molar-refractivity contribution in [2.24, 2.45) is 0 Å². The summed E-state index contributed by atoms with van der Waals surface area (Å²) in [5.41, 5.74) is 0.889. The zero-order valence-corrected chi connectivity index (χ0v) is 15.4. The zero-order valence-electron chi connectivity index (χ0n) is 13.6. The van der Waals surface area contributed by atoms with Crippen molar-refractivity contribution in [2.45, 2.75) is 25.7 Å². The molecule has 0 radical (unpaired) electrons. The molecule has 0 aliphatic rings. The number of sulfone groups is 1. The Bertz CT molecular complexity index is 581. The van der Waals surface area contributed by atoms with Crippen LogP contribution in [0.5, 0.6) is 11.5 Å². The Kier molecular flexibility index (Phi) is 5.83. The summed E-state index contributed by atoms with van der Waals surface area (Å²) < 4.78 is 33.9. The lowest BCUT2D eigenvalue weighted by atomic mass is 10.1. The molecule has 0 amide bonds. The number of benzene rings is 1. The molecule has 0 saturated carbocycles. The molecule has 1 unspecified atom stereocenters. The third-order valence-corrected chi connectivity index (χ3v) is 5.04. The fraction of sp³-hybridized carbons (Fsp3) is 0.571. The second-order valence-corrected chi connectivity index (χ2v) is 13.1. The molecular formula is C14H25NO4SSi. The summed E-state index contributed by atoms with van der Waals surface area (Å²) in [4.78, 5) is 3.48. The van der Waals surface area contributed by atoms with Crippen molar-refractivity contribution in [3.8, 4) is 11.5 Å². The van der Waals surface area contributed by atoms with E-state index < -0.39 is 18.1 Å². The van der Waals surface area contributed by atoms with Gasteiger partial charge in [-0.3, -0.25) is 0 Å². The standard InChI is InChI=1S/C14H25NO4SSi/c1-18-13-8-7-11(9-14(13)19-2)12(10-20(3,16)17)15-21(4,5)6/h7-9,12,15H,10H2,1-6H3. The average molecular weight is 332 g/mol. The molecule has 21 heavy (non-hydrogen) atoms. The van der Waals surface area contributed by atoms with Crippen molar-refractivity contribution >= 4 is 18.1 Å². The first-order valence-electron chi connectivity index (χ1n) is 6.73. The van der Waals surface area contributed by atoms with Gasteiger partial charge in [-0.15, -0.1) is 0 Å². The largest absolute Gasteiger partial charge is 0.493 e. The van der Waals surface area contributed by atoms with Crippen LogP contribution in [-0.2, 0) is 9.84 Å². The minimum atomic E-state index is -3.09. The van der Waals surface area contributed by atoms with Gasteiger partial charge in [0.05, 0.1) is 20.0 Å². The predicted molar refractivity (Wildman–Crippen MR) is 88.5 cm³/mol. The van der Waals surface area contributed by atoms with Crippen molar-refractivity contribution < 1.29 is 17.9 Å². The number of hydrogen-bond donors (Lipinski definition) is 1. The highest BCUT2D eigenvalue weighted by Gasteiger charge is 2.24. The quantitative estimate of drug-likeness (QED) is 0.776. The van der Waals surface area contributed by atoms with Crippen LogP contribution >= 0.6 is 0 Å². The van der Waals surface area contributed by atoms with Crippen LogP contribution in [0.3, 0.4) is 0 Å². The van der Waals surface area contributed by atoms with Crippen molar-refractivity contribution in [3.63, 3.8) is 0 Å². The molecule has 5 nitrogen and oxygen atoms in total. The molecule has 7 heteroatoms. The fourth-order valence-corrected chi connectivity index (χ4v) is 4.46. The molecule has 0 aromatic heterocycles. The summed E-state index contributed by atoms with van der Waals surface area (Å²) in [7, 11) is -1.59. The van der Waals surface area contributed by atoms with Crippen molar-refractivity contribution in [1.29, 1.82) is 0 Å². The normalized spacial score (nSPS) is 13.8. The monoisotopic (exact) mass is 331 g/mol. The minimum absolute atomic E-state index is 0.0623. The second-order valence-electron chi connectivity index (χ2n) is 6.15. The van der Waals surface area contributed by atoms with E-state index in [-0.39, 0.29) is 11.8 Å². The SMILES string of the molecule is COc1ccc(C(CS(C)(=O)=O)N[Si](C)(C)C)cc1OC. The summed E-state index contributed by atoms with van der Waals surface area (Å²) in [6.07, 6.45) is 1.26. The molecular weight excluding hydrogens is 306 g/mol. The summed E-state index contributed by atoms with van der Waals surface area (Å²) in [6.45, 7) is 6.43. The lowest BCUT2D eigenvalue weighted by Crippen LogP contribution is -2.45. The van der Waals surface area contributed by atoms with E-state index in [1.54, 1.807) is 20.3 Å². The maximum absolute atomic E-state index is 11.7. The Morgan fingerprint density at radius 1 is 1.14 bits per heavy atom. The topological polar surface area (TPSA) is 64.6 Å². The molecule has 0 fully saturated rings. The minimum Gasteiger partial charge on any atom is -0.493 e. The van der Waals surface area contributed by atoms with E-state index in [0.29, 0.717) is 11.5 Å². The highest BCUT2D eigenvalue weighted by molar-refractivity contribution is 7.90. The first kappa shape index (κ1) is 18.0. The van der Waals surface area contributed by atoms with Gasteiger partial charge in [0.15, 0.2) is 11.5 Å². The van der Waals surface area contributed by atoms with Gasteiger partial charge in [0.2, 0.25) is 0 Å².